The second kappa shape index (κ2) is 6.09. The molecule has 0 amide bonds. The van der Waals surface area contributed by atoms with Crippen LogP contribution >= 0.6 is 0 Å². The van der Waals surface area contributed by atoms with Crippen LogP contribution in [0.25, 0.3) is 0 Å². The van der Waals surface area contributed by atoms with Crippen molar-refractivity contribution >= 4 is 0 Å². The molecule has 1 heterocycles. The van der Waals surface area contributed by atoms with Gasteiger partial charge in [-0.15, -0.1) is 5.92 Å². The minimum atomic E-state index is 0.299. The lowest BCUT2D eigenvalue weighted by atomic mass is 10.3. The molecule has 1 fully saturated rings. The zero-order valence-electron chi connectivity index (χ0n) is 9.98. The molecule has 0 N–H and O–H groups in total. The molecule has 0 aliphatic heterocycles. The van der Waals surface area contributed by atoms with E-state index in [1.54, 1.807) is 13.0 Å². The van der Waals surface area contributed by atoms with Crippen molar-refractivity contribution < 1.29 is 9.47 Å². The van der Waals surface area contributed by atoms with Crippen LogP contribution in [0, 0.1) is 11.8 Å². The predicted molar refractivity (Wildman–Crippen MR) is 63.9 cm³/mol. The Bertz CT molecular complexity index is 417. The van der Waals surface area contributed by atoms with Crippen LogP contribution in [0.3, 0.4) is 0 Å². The van der Waals surface area contributed by atoms with Gasteiger partial charge < -0.3 is 9.47 Å². The van der Waals surface area contributed by atoms with Gasteiger partial charge in [0.25, 0.3) is 0 Å². The number of hydrogen-bond donors (Lipinski definition) is 0. The lowest BCUT2D eigenvalue weighted by molar-refractivity contribution is 0.199. The van der Waals surface area contributed by atoms with Crippen LogP contribution in [0.1, 0.15) is 32.6 Å². The summed E-state index contributed by atoms with van der Waals surface area (Å²) in [5.41, 5.74) is 0. The summed E-state index contributed by atoms with van der Waals surface area (Å²) in [4.78, 5) is 8.09. The number of rotatable bonds is 4. The normalized spacial score (nSPS) is 15.1. The third kappa shape index (κ3) is 3.63. The van der Waals surface area contributed by atoms with Crippen LogP contribution in [0.2, 0.25) is 0 Å². The van der Waals surface area contributed by atoms with Gasteiger partial charge in [-0.25, -0.2) is 9.97 Å². The standard InChI is InChI=1S/C13H16N2O2/c1-2-3-8-16-12-9-13(15-10-14-12)17-11-6-4-5-7-11/h9-11H,4-8H2,1H3. The van der Waals surface area contributed by atoms with E-state index in [1.165, 1.54) is 19.2 Å². The molecule has 0 saturated heterocycles. The Morgan fingerprint density at radius 2 is 2.06 bits per heavy atom. The molecule has 17 heavy (non-hydrogen) atoms. The van der Waals surface area contributed by atoms with Crippen LogP contribution < -0.4 is 9.47 Å². The molecule has 2 rings (SSSR count). The molecule has 90 valence electrons. The maximum absolute atomic E-state index is 5.76. The number of ether oxygens (including phenoxy) is 2. The average molecular weight is 232 g/mol. The van der Waals surface area contributed by atoms with Crippen molar-refractivity contribution in [2.75, 3.05) is 6.61 Å². The number of nitrogens with zero attached hydrogens (tertiary/aromatic N) is 2. The van der Waals surface area contributed by atoms with Crippen LogP contribution in [-0.4, -0.2) is 22.7 Å². The molecule has 0 unspecified atom stereocenters. The number of aromatic nitrogens is 2. The van der Waals surface area contributed by atoms with E-state index in [4.69, 9.17) is 9.47 Å². The maximum atomic E-state index is 5.76. The topological polar surface area (TPSA) is 44.2 Å². The van der Waals surface area contributed by atoms with Crippen molar-refractivity contribution in [1.29, 1.82) is 0 Å². The molecule has 1 saturated carbocycles. The molecule has 4 heteroatoms. The van der Waals surface area contributed by atoms with Gasteiger partial charge in [-0.05, 0) is 32.6 Å². The molecular formula is C13H16N2O2. The van der Waals surface area contributed by atoms with E-state index < -0.39 is 0 Å². The van der Waals surface area contributed by atoms with E-state index >= 15 is 0 Å². The van der Waals surface area contributed by atoms with Gasteiger partial charge in [0.1, 0.15) is 12.4 Å². The van der Waals surface area contributed by atoms with Crippen LogP contribution in [0.15, 0.2) is 12.4 Å². The van der Waals surface area contributed by atoms with E-state index in [2.05, 4.69) is 21.8 Å². The van der Waals surface area contributed by atoms with Gasteiger partial charge in [-0.1, -0.05) is 5.92 Å². The Hall–Kier alpha value is -1.76. The first-order chi connectivity index (χ1) is 8.38. The van der Waals surface area contributed by atoms with Gasteiger partial charge in [0.05, 0.1) is 6.07 Å². The minimum Gasteiger partial charge on any atom is -0.474 e. The highest BCUT2D eigenvalue weighted by Crippen LogP contribution is 2.23. The van der Waals surface area contributed by atoms with Gasteiger partial charge in [-0.3, -0.25) is 0 Å². The fourth-order valence-electron chi connectivity index (χ4n) is 1.83. The molecule has 0 aromatic carbocycles. The molecule has 4 nitrogen and oxygen atoms in total. The quantitative estimate of drug-likeness (QED) is 0.746. The van der Waals surface area contributed by atoms with Crippen LogP contribution in [-0.2, 0) is 0 Å². The van der Waals surface area contributed by atoms with Gasteiger partial charge >= 0.3 is 0 Å². The van der Waals surface area contributed by atoms with Crippen LogP contribution in [0.5, 0.6) is 11.8 Å². The Morgan fingerprint density at radius 3 is 2.82 bits per heavy atom. The Labute approximate surface area is 101 Å². The van der Waals surface area contributed by atoms with Gasteiger partial charge in [-0.2, -0.15) is 0 Å². The van der Waals surface area contributed by atoms with E-state index in [9.17, 15) is 0 Å². The summed E-state index contributed by atoms with van der Waals surface area (Å²) in [7, 11) is 0. The van der Waals surface area contributed by atoms with E-state index in [-0.39, 0.29) is 0 Å². The maximum Gasteiger partial charge on any atom is 0.221 e. The average Bonchev–Trinajstić information content (AvgIpc) is 2.83. The highest BCUT2D eigenvalue weighted by molar-refractivity contribution is 5.19. The summed E-state index contributed by atoms with van der Waals surface area (Å²) in [6.07, 6.45) is 6.46. The summed E-state index contributed by atoms with van der Waals surface area (Å²) in [6, 6.07) is 1.72. The molecule has 1 aliphatic rings. The van der Waals surface area contributed by atoms with Crippen molar-refractivity contribution in [3.63, 3.8) is 0 Å². The van der Waals surface area contributed by atoms with Crippen molar-refractivity contribution in [1.82, 2.24) is 9.97 Å². The highest BCUT2D eigenvalue weighted by Gasteiger charge is 2.17. The highest BCUT2D eigenvalue weighted by atomic mass is 16.5. The molecule has 1 aliphatic carbocycles. The minimum absolute atomic E-state index is 0.299. The molecule has 0 spiro atoms. The molecule has 0 atom stereocenters. The zero-order valence-corrected chi connectivity index (χ0v) is 9.98. The third-order valence-corrected chi connectivity index (χ3v) is 2.68. The fourth-order valence-corrected chi connectivity index (χ4v) is 1.83. The molecular weight excluding hydrogens is 216 g/mol. The second-order valence-electron chi connectivity index (χ2n) is 3.93. The lowest BCUT2D eigenvalue weighted by Gasteiger charge is -2.11. The first-order valence-corrected chi connectivity index (χ1v) is 5.89. The third-order valence-electron chi connectivity index (χ3n) is 2.68. The Balaban J connectivity index is 1.92. The molecule has 0 radical (unpaired) electrons. The summed E-state index contributed by atoms with van der Waals surface area (Å²) in [5, 5.41) is 0. The van der Waals surface area contributed by atoms with E-state index in [0.717, 1.165) is 12.8 Å². The molecule has 1 aromatic heterocycles. The monoisotopic (exact) mass is 232 g/mol. The number of hydrogen-bond acceptors (Lipinski definition) is 4. The summed E-state index contributed by atoms with van der Waals surface area (Å²) < 4.78 is 11.1. The van der Waals surface area contributed by atoms with Crippen molar-refractivity contribution in [2.45, 2.75) is 38.7 Å². The van der Waals surface area contributed by atoms with Crippen molar-refractivity contribution in [3.05, 3.63) is 12.4 Å². The first kappa shape index (κ1) is 11.7. The fraction of sp³-hybridized carbons (Fsp3) is 0.538. The first-order valence-electron chi connectivity index (χ1n) is 5.89. The predicted octanol–water partition coefficient (Wildman–Crippen LogP) is 2.20. The van der Waals surface area contributed by atoms with E-state index in [0.29, 0.717) is 24.5 Å². The summed E-state index contributed by atoms with van der Waals surface area (Å²) >= 11 is 0. The second-order valence-corrected chi connectivity index (χ2v) is 3.93. The lowest BCUT2D eigenvalue weighted by Crippen LogP contribution is -2.12. The molecule has 1 aromatic rings. The zero-order chi connectivity index (χ0) is 11.9. The summed E-state index contributed by atoms with van der Waals surface area (Å²) in [6.45, 7) is 2.12. The van der Waals surface area contributed by atoms with Gasteiger partial charge in [0.15, 0.2) is 6.61 Å². The van der Waals surface area contributed by atoms with Gasteiger partial charge in [0.2, 0.25) is 11.8 Å². The van der Waals surface area contributed by atoms with E-state index in [1.807, 2.05) is 0 Å². The Kier molecular flexibility index (Phi) is 4.20. The summed E-state index contributed by atoms with van der Waals surface area (Å²) in [5.74, 6) is 6.68. The Morgan fingerprint density at radius 1 is 1.29 bits per heavy atom. The molecule has 0 bridgehead atoms. The van der Waals surface area contributed by atoms with Crippen molar-refractivity contribution in [2.24, 2.45) is 0 Å². The van der Waals surface area contributed by atoms with Crippen LogP contribution in [0.4, 0.5) is 0 Å². The smallest absolute Gasteiger partial charge is 0.221 e. The van der Waals surface area contributed by atoms with Crippen molar-refractivity contribution in [3.8, 4) is 23.6 Å². The largest absolute Gasteiger partial charge is 0.474 e. The van der Waals surface area contributed by atoms with Gasteiger partial charge in [0, 0.05) is 0 Å². The SMILES string of the molecule is CC#CCOc1cc(OC2CCCC2)ncn1.